The van der Waals surface area contributed by atoms with E-state index in [2.05, 4.69) is 0 Å². The highest BCUT2D eigenvalue weighted by molar-refractivity contribution is 5.59. The summed E-state index contributed by atoms with van der Waals surface area (Å²) in [4.78, 5) is 10.0. The summed E-state index contributed by atoms with van der Waals surface area (Å²) < 4.78 is 37.7. The van der Waals surface area contributed by atoms with Gasteiger partial charge in [0, 0.05) is 6.42 Å². The quantitative estimate of drug-likeness (QED) is 0.760. The monoisotopic (exact) mass is 239 g/mol. The van der Waals surface area contributed by atoms with Gasteiger partial charge in [-0.3, -0.25) is 0 Å². The minimum atomic E-state index is -4.56. The molecule has 0 aromatic heterocycles. The minimum absolute atomic E-state index is 0.140. The lowest BCUT2D eigenvalue weighted by molar-refractivity contribution is -0.137. The van der Waals surface area contributed by atoms with Crippen LogP contribution in [0.25, 0.3) is 6.08 Å². The van der Waals surface area contributed by atoms with Crippen LogP contribution in [0.15, 0.2) is 24.3 Å². The number of hydrogen-bond acceptors (Lipinski definition) is 2. The van der Waals surface area contributed by atoms with E-state index in [0.717, 1.165) is 12.1 Å². The Labute approximate surface area is 96.0 Å². The standard InChI is InChI=1S/C12H8F3NO/c13-12(14,15)11-7-9(3-1-2-6-17)4-5-10(11)8-16/h1,3-7H,2H2. The van der Waals surface area contributed by atoms with Crippen LogP contribution in [0.5, 0.6) is 0 Å². The molecule has 0 fully saturated rings. The van der Waals surface area contributed by atoms with E-state index >= 15 is 0 Å². The largest absolute Gasteiger partial charge is 0.417 e. The number of aldehydes is 1. The summed E-state index contributed by atoms with van der Waals surface area (Å²) in [6.07, 6.45) is -0.912. The van der Waals surface area contributed by atoms with Crippen molar-refractivity contribution >= 4 is 12.4 Å². The molecule has 0 saturated heterocycles. The summed E-state index contributed by atoms with van der Waals surface area (Å²) in [7, 11) is 0. The molecule has 0 saturated carbocycles. The number of nitriles is 1. The fraction of sp³-hybridized carbons (Fsp3) is 0.167. The zero-order chi connectivity index (χ0) is 12.9. The Kier molecular flexibility index (Phi) is 4.05. The van der Waals surface area contributed by atoms with E-state index in [1.165, 1.54) is 24.3 Å². The summed E-state index contributed by atoms with van der Waals surface area (Å²) in [5, 5.41) is 8.57. The lowest BCUT2D eigenvalue weighted by Gasteiger charge is -2.09. The Morgan fingerprint density at radius 2 is 2.06 bits per heavy atom. The molecule has 5 heteroatoms. The van der Waals surface area contributed by atoms with Crippen molar-refractivity contribution in [3.05, 3.63) is 41.0 Å². The van der Waals surface area contributed by atoms with Gasteiger partial charge in [-0.2, -0.15) is 18.4 Å². The van der Waals surface area contributed by atoms with Crippen LogP contribution >= 0.6 is 0 Å². The van der Waals surface area contributed by atoms with Gasteiger partial charge < -0.3 is 4.79 Å². The molecule has 0 aliphatic heterocycles. The second-order valence-electron chi connectivity index (χ2n) is 3.22. The van der Waals surface area contributed by atoms with Crippen molar-refractivity contribution in [3.8, 4) is 6.07 Å². The molecule has 1 aromatic carbocycles. The number of carbonyl (C=O) groups excluding carboxylic acids is 1. The van der Waals surface area contributed by atoms with Crippen LogP contribution in [0, 0.1) is 11.3 Å². The van der Waals surface area contributed by atoms with E-state index in [-0.39, 0.29) is 6.42 Å². The normalized spacial score (nSPS) is 11.4. The molecular weight excluding hydrogens is 231 g/mol. The van der Waals surface area contributed by atoms with Crippen LogP contribution in [0.1, 0.15) is 23.1 Å². The Hall–Kier alpha value is -2.09. The van der Waals surface area contributed by atoms with Crippen molar-refractivity contribution in [3.63, 3.8) is 0 Å². The fourth-order valence-electron chi connectivity index (χ4n) is 1.26. The lowest BCUT2D eigenvalue weighted by Crippen LogP contribution is -2.07. The van der Waals surface area contributed by atoms with Crippen molar-refractivity contribution in [1.82, 2.24) is 0 Å². The molecule has 0 radical (unpaired) electrons. The molecule has 0 aliphatic carbocycles. The molecule has 2 nitrogen and oxygen atoms in total. The molecule has 0 bridgehead atoms. The molecular formula is C12H8F3NO. The number of rotatable bonds is 3. The molecule has 0 aliphatic rings. The number of halogens is 3. The first kappa shape index (κ1) is 13.0. The first-order valence-corrected chi connectivity index (χ1v) is 4.70. The van der Waals surface area contributed by atoms with E-state index in [0.29, 0.717) is 11.8 Å². The lowest BCUT2D eigenvalue weighted by atomic mass is 10.0. The molecule has 88 valence electrons. The average Bonchev–Trinajstić information content (AvgIpc) is 2.28. The topological polar surface area (TPSA) is 40.9 Å². The van der Waals surface area contributed by atoms with Gasteiger partial charge in [0.1, 0.15) is 6.29 Å². The predicted octanol–water partition coefficient (Wildman–Crippen LogP) is 3.18. The van der Waals surface area contributed by atoms with Crippen LogP contribution in [-0.4, -0.2) is 6.29 Å². The molecule has 0 heterocycles. The van der Waals surface area contributed by atoms with E-state index in [9.17, 15) is 18.0 Å². The van der Waals surface area contributed by atoms with Gasteiger partial charge in [0.05, 0.1) is 17.2 Å². The maximum Gasteiger partial charge on any atom is 0.417 e. The second-order valence-corrected chi connectivity index (χ2v) is 3.22. The Morgan fingerprint density at radius 3 is 2.59 bits per heavy atom. The highest BCUT2D eigenvalue weighted by atomic mass is 19.4. The molecule has 1 rings (SSSR count). The number of hydrogen-bond donors (Lipinski definition) is 0. The van der Waals surface area contributed by atoms with Crippen molar-refractivity contribution in [2.24, 2.45) is 0 Å². The van der Waals surface area contributed by atoms with E-state index in [4.69, 9.17) is 5.26 Å². The fourth-order valence-corrected chi connectivity index (χ4v) is 1.26. The number of allylic oxidation sites excluding steroid dienone is 1. The minimum Gasteiger partial charge on any atom is -0.303 e. The van der Waals surface area contributed by atoms with Gasteiger partial charge in [-0.25, -0.2) is 0 Å². The van der Waals surface area contributed by atoms with Gasteiger partial charge in [0.2, 0.25) is 0 Å². The van der Waals surface area contributed by atoms with Crippen LogP contribution in [0.3, 0.4) is 0 Å². The third-order valence-electron chi connectivity index (χ3n) is 2.01. The van der Waals surface area contributed by atoms with E-state index in [1.807, 2.05) is 0 Å². The highest BCUT2D eigenvalue weighted by Crippen LogP contribution is 2.32. The van der Waals surface area contributed by atoms with E-state index < -0.39 is 17.3 Å². The summed E-state index contributed by atoms with van der Waals surface area (Å²) in [5.74, 6) is 0. The van der Waals surface area contributed by atoms with Gasteiger partial charge in [0.15, 0.2) is 0 Å². The predicted molar refractivity (Wildman–Crippen MR) is 55.9 cm³/mol. The summed E-state index contributed by atoms with van der Waals surface area (Å²) in [6.45, 7) is 0. The molecule has 0 spiro atoms. The third kappa shape index (κ3) is 3.45. The smallest absolute Gasteiger partial charge is 0.303 e. The van der Waals surface area contributed by atoms with Crippen molar-refractivity contribution in [2.75, 3.05) is 0 Å². The molecule has 0 N–H and O–H groups in total. The number of carbonyl (C=O) groups is 1. The van der Waals surface area contributed by atoms with Crippen LogP contribution in [0.2, 0.25) is 0 Å². The zero-order valence-corrected chi connectivity index (χ0v) is 8.66. The Morgan fingerprint density at radius 1 is 1.35 bits per heavy atom. The highest BCUT2D eigenvalue weighted by Gasteiger charge is 2.33. The van der Waals surface area contributed by atoms with Crippen LogP contribution < -0.4 is 0 Å². The zero-order valence-electron chi connectivity index (χ0n) is 8.66. The molecule has 1 aromatic rings. The first-order valence-electron chi connectivity index (χ1n) is 4.70. The molecule has 0 atom stereocenters. The molecule has 17 heavy (non-hydrogen) atoms. The second kappa shape index (κ2) is 5.30. The SMILES string of the molecule is N#Cc1ccc(C=CCC=O)cc1C(F)(F)F. The van der Waals surface area contributed by atoms with Gasteiger partial charge in [-0.05, 0) is 17.7 Å². The van der Waals surface area contributed by atoms with Crippen molar-refractivity contribution < 1.29 is 18.0 Å². The maximum atomic E-state index is 12.6. The van der Waals surface area contributed by atoms with Gasteiger partial charge in [0.25, 0.3) is 0 Å². The molecule has 0 unspecified atom stereocenters. The van der Waals surface area contributed by atoms with Crippen molar-refractivity contribution in [2.45, 2.75) is 12.6 Å². The summed E-state index contributed by atoms with van der Waals surface area (Å²) >= 11 is 0. The number of benzene rings is 1. The number of alkyl halides is 3. The van der Waals surface area contributed by atoms with E-state index in [1.54, 1.807) is 0 Å². The summed E-state index contributed by atoms with van der Waals surface area (Å²) in [5.41, 5.74) is -1.07. The average molecular weight is 239 g/mol. The summed E-state index contributed by atoms with van der Waals surface area (Å²) in [6, 6.07) is 4.90. The third-order valence-corrected chi connectivity index (χ3v) is 2.01. The Balaban J connectivity index is 3.15. The van der Waals surface area contributed by atoms with Gasteiger partial charge >= 0.3 is 6.18 Å². The van der Waals surface area contributed by atoms with Crippen LogP contribution in [0.4, 0.5) is 13.2 Å². The number of nitrogens with zero attached hydrogens (tertiary/aromatic N) is 1. The van der Waals surface area contributed by atoms with Crippen molar-refractivity contribution in [1.29, 1.82) is 5.26 Å². The Bertz CT molecular complexity index is 484. The first-order chi connectivity index (χ1) is 7.99. The van der Waals surface area contributed by atoms with Gasteiger partial charge in [-0.15, -0.1) is 0 Å². The maximum absolute atomic E-state index is 12.6. The molecule has 0 amide bonds. The van der Waals surface area contributed by atoms with Gasteiger partial charge in [-0.1, -0.05) is 18.2 Å². The van der Waals surface area contributed by atoms with Crippen LogP contribution in [-0.2, 0) is 11.0 Å².